The van der Waals surface area contributed by atoms with E-state index in [1.165, 1.54) is 30.3 Å². The van der Waals surface area contributed by atoms with Gasteiger partial charge in [-0.25, -0.2) is 16.8 Å². The van der Waals surface area contributed by atoms with Crippen molar-refractivity contribution in [3.63, 3.8) is 0 Å². The van der Waals surface area contributed by atoms with Gasteiger partial charge >= 0.3 is 0 Å². The largest absolute Gasteiger partial charge is 0.322 e. The highest BCUT2D eigenvalue weighted by Crippen LogP contribution is 2.34. The zero-order valence-corrected chi connectivity index (χ0v) is 24.7. The summed E-state index contributed by atoms with van der Waals surface area (Å²) in [6.07, 6.45) is 1.07. The molecule has 0 saturated carbocycles. The lowest BCUT2D eigenvalue weighted by Crippen LogP contribution is -2.29. The number of carbonyl (C=O) groups excluding carboxylic acids is 1. The van der Waals surface area contributed by atoms with Crippen LogP contribution in [0.2, 0.25) is 15.1 Å². The molecule has 8 nitrogen and oxygen atoms in total. The molecule has 0 radical (unpaired) electrons. The fraction of sp³-hybridized carbons (Fsp3) is 0.0741. The van der Waals surface area contributed by atoms with Gasteiger partial charge in [0.1, 0.15) is 0 Å². The van der Waals surface area contributed by atoms with Crippen molar-refractivity contribution in [1.82, 2.24) is 0 Å². The van der Waals surface area contributed by atoms with Crippen LogP contribution in [0.25, 0.3) is 0 Å². The maximum atomic E-state index is 12.8. The standard InChI is InChI=1S/C27H22Cl3N3O5S2/c1-39(35,36)33(25-7-3-6-24(29)26(25)30)17-18-8-10-19(11-9-18)27(34)31-21-12-14-23(15-13-21)40(37,38)32-22-5-2-4-20(28)16-22/h2-16,32H,17H2,1H3,(H,31,34). The van der Waals surface area contributed by atoms with Crippen LogP contribution < -0.4 is 14.3 Å². The van der Waals surface area contributed by atoms with Crippen molar-refractivity contribution in [2.24, 2.45) is 0 Å². The monoisotopic (exact) mass is 637 g/mol. The number of hydrogen-bond acceptors (Lipinski definition) is 5. The Hall–Kier alpha value is -3.28. The first-order valence-electron chi connectivity index (χ1n) is 11.5. The maximum Gasteiger partial charge on any atom is 0.261 e. The zero-order chi connectivity index (χ0) is 29.1. The summed E-state index contributed by atoms with van der Waals surface area (Å²) < 4.78 is 53.9. The number of rotatable bonds is 9. The molecule has 0 fully saturated rings. The van der Waals surface area contributed by atoms with E-state index in [2.05, 4.69) is 10.0 Å². The Morgan fingerprint density at radius 1 is 0.800 bits per heavy atom. The number of amides is 1. The minimum Gasteiger partial charge on any atom is -0.322 e. The van der Waals surface area contributed by atoms with Crippen LogP contribution in [0.15, 0.2) is 95.9 Å². The van der Waals surface area contributed by atoms with Gasteiger partial charge in [0, 0.05) is 16.3 Å². The molecule has 4 aromatic rings. The Bertz CT molecular complexity index is 1760. The minimum absolute atomic E-state index is 0.00469. The van der Waals surface area contributed by atoms with Gasteiger partial charge in [-0.15, -0.1) is 0 Å². The van der Waals surface area contributed by atoms with Gasteiger partial charge < -0.3 is 5.32 Å². The van der Waals surface area contributed by atoms with Crippen molar-refractivity contribution in [3.05, 3.63) is 117 Å². The first kappa shape index (κ1) is 29.7. The van der Waals surface area contributed by atoms with Gasteiger partial charge in [0.05, 0.1) is 39.1 Å². The first-order chi connectivity index (χ1) is 18.8. The van der Waals surface area contributed by atoms with Crippen LogP contribution in [0.1, 0.15) is 15.9 Å². The molecule has 40 heavy (non-hydrogen) atoms. The van der Waals surface area contributed by atoms with Gasteiger partial charge in [-0.2, -0.15) is 0 Å². The van der Waals surface area contributed by atoms with E-state index < -0.39 is 26.0 Å². The molecule has 0 aliphatic heterocycles. The summed E-state index contributed by atoms with van der Waals surface area (Å²) in [6.45, 7) is -0.0278. The van der Waals surface area contributed by atoms with Crippen molar-refractivity contribution in [1.29, 1.82) is 0 Å². The van der Waals surface area contributed by atoms with Crippen LogP contribution in [0.5, 0.6) is 0 Å². The molecule has 0 aliphatic rings. The molecule has 0 unspecified atom stereocenters. The van der Waals surface area contributed by atoms with E-state index in [-0.39, 0.29) is 27.2 Å². The summed E-state index contributed by atoms with van der Waals surface area (Å²) >= 11 is 18.2. The average Bonchev–Trinajstić information content (AvgIpc) is 2.89. The first-order valence-corrected chi connectivity index (χ1v) is 16.0. The lowest BCUT2D eigenvalue weighted by atomic mass is 10.1. The number of carbonyl (C=O) groups is 1. The number of sulfonamides is 2. The highest BCUT2D eigenvalue weighted by molar-refractivity contribution is 7.92. The number of benzene rings is 4. The SMILES string of the molecule is CS(=O)(=O)N(Cc1ccc(C(=O)Nc2ccc(S(=O)(=O)Nc3cccc(Cl)c3)cc2)cc1)c1cccc(Cl)c1Cl. The molecule has 4 rings (SSSR count). The predicted octanol–water partition coefficient (Wildman–Crippen LogP) is 6.67. The average molecular weight is 639 g/mol. The molecular weight excluding hydrogens is 617 g/mol. The second-order valence-corrected chi connectivity index (χ2v) is 13.4. The van der Waals surface area contributed by atoms with Gasteiger partial charge in [0.25, 0.3) is 15.9 Å². The summed E-state index contributed by atoms with van der Waals surface area (Å²) in [5.74, 6) is -0.433. The smallest absolute Gasteiger partial charge is 0.261 e. The summed E-state index contributed by atoms with van der Waals surface area (Å²) in [6, 6.07) is 23.1. The number of hydrogen-bond donors (Lipinski definition) is 2. The van der Waals surface area contributed by atoms with E-state index in [1.54, 1.807) is 60.7 Å². The molecule has 0 heterocycles. The van der Waals surface area contributed by atoms with E-state index in [4.69, 9.17) is 34.8 Å². The normalized spacial score (nSPS) is 11.6. The van der Waals surface area contributed by atoms with E-state index in [9.17, 15) is 21.6 Å². The van der Waals surface area contributed by atoms with E-state index in [1.807, 2.05) is 0 Å². The van der Waals surface area contributed by atoms with Crippen molar-refractivity contribution in [2.75, 3.05) is 20.6 Å². The summed E-state index contributed by atoms with van der Waals surface area (Å²) in [5.41, 5.74) is 1.87. The van der Waals surface area contributed by atoms with Crippen molar-refractivity contribution in [3.8, 4) is 0 Å². The van der Waals surface area contributed by atoms with E-state index in [0.717, 1.165) is 10.6 Å². The highest BCUT2D eigenvalue weighted by atomic mass is 35.5. The molecule has 0 atom stereocenters. The van der Waals surface area contributed by atoms with Gasteiger partial charge in [-0.3, -0.25) is 13.8 Å². The van der Waals surface area contributed by atoms with Crippen LogP contribution in [-0.4, -0.2) is 29.0 Å². The number of nitrogens with zero attached hydrogens (tertiary/aromatic N) is 1. The number of nitrogens with one attached hydrogen (secondary N) is 2. The molecular formula is C27H22Cl3N3O5S2. The fourth-order valence-corrected chi connectivity index (χ4v) is 6.26. The topological polar surface area (TPSA) is 113 Å². The zero-order valence-electron chi connectivity index (χ0n) is 20.8. The van der Waals surface area contributed by atoms with Gasteiger partial charge in [-0.1, -0.05) is 59.1 Å². The van der Waals surface area contributed by atoms with Crippen molar-refractivity contribution >= 4 is 77.8 Å². The molecule has 1 amide bonds. The van der Waals surface area contributed by atoms with Crippen molar-refractivity contribution in [2.45, 2.75) is 11.4 Å². The Balaban J connectivity index is 1.44. The Morgan fingerprint density at radius 3 is 2.08 bits per heavy atom. The Kier molecular flexibility index (Phi) is 8.96. The van der Waals surface area contributed by atoms with Crippen LogP contribution in [0, 0.1) is 0 Å². The molecule has 208 valence electrons. The third-order valence-corrected chi connectivity index (χ3v) is 9.21. The lowest BCUT2D eigenvalue weighted by molar-refractivity contribution is 0.102. The molecule has 0 saturated heterocycles. The third-order valence-electron chi connectivity index (χ3n) is 5.64. The van der Waals surface area contributed by atoms with Gasteiger partial charge in [0.15, 0.2) is 0 Å². The molecule has 2 N–H and O–H groups in total. The molecule has 13 heteroatoms. The van der Waals surface area contributed by atoms with Crippen molar-refractivity contribution < 1.29 is 21.6 Å². The minimum atomic E-state index is -3.86. The highest BCUT2D eigenvalue weighted by Gasteiger charge is 2.22. The molecule has 0 aliphatic carbocycles. The Morgan fingerprint density at radius 2 is 1.45 bits per heavy atom. The summed E-state index contributed by atoms with van der Waals surface area (Å²) in [7, 11) is -7.56. The predicted molar refractivity (Wildman–Crippen MR) is 161 cm³/mol. The fourth-order valence-electron chi connectivity index (χ4n) is 3.68. The van der Waals surface area contributed by atoms with Crippen LogP contribution in [-0.2, 0) is 26.6 Å². The van der Waals surface area contributed by atoms with Crippen LogP contribution in [0.3, 0.4) is 0 Å². The van der Waals surface area contributed by atoms with Crippen LogP contribution >= 0.6 is 34.8 Å². The lowest BCUT2D eigenvalue weighted by Gasteiger charge is -2.24. The van der Waals surface area contributed by atoms with Gasteiger partial charge in [0.2, 0.25) is 10.0 Å². The van der Waals surface area contributed by atoms with E-state index >= 15 is 0 Å². The molecule has 0 aromatic heterocycles. The maximum absolute atomic E-state index is 12.8. The number of anilines is 3. The third kappa shape index (κ3) is 7.26. The van der Waals surface area contributed by atoms with Gasteiger partial charge in [-0.05, 0) is 72.3 Å². The van der Waals surface area contributed by atoms with E-state index in [0.29, 0.717) is 27.5 Å². The second-order valence-electron chi connectivity index (χ2n) is 8.63. The quantitative estimate of drug-likeness (QED) is 0.213. The Labute approximate surface area is 247 Å². The second kappa shape index (κ2) is 12.1. The van der Waals surface area contributed by atoms with Crippen LogP contribution in [0.4, 0.5) is 17.1 Å². The molecule has 4 aromatic carbocycles. The molecule has 0 bridgehead atoms. The summed E-state index contributed by atoms with van der Waals surface area (Å²) in [4.78, 5) is 12.8. The number of halogens is 3. The summed E-state index contributed by atoms with van der Waals surface area (Å²) in [5, 5.41) is 3.44. The molecule has 0 spiro atoms.